The number of nitrogens with one attached hydrogen (secondary N) is 1. The van der Waals surface area contributed by atoms with Crippen molar-refractivity contribution in [3.05, 3.63) is 71.1 Å². The molecule has 4 rings (SSSR count). The van der Waals surface area contributed by atoms with Gasteiger partial charge in [-0.3, -0.25) is 0 Å². The second kappa shape index (κ2) is 7.65. The van der Waals surface area contributed by atoms with Gasteiger partial charge in [0.15, 0.2) is 9.84 Å². The molecular weight excluding hydrogens is 388 g/mol. The number of aliphatic hydroxyl groups excluding tert-OH is 1. The highest BCUT2D eigenvalue weighted by Gasteiger charge is 2.41. The van der Waals surface area contributed by atoms with E-state index in [1.807, 2.05) is 31.3 Å². The highest BCUT2D eigenvalue weighted by Crippen LogP contribution is 2.48. The van der Waals surface area contributed by atoms with E-state index in [4.69, 9.17) is 9.84 Å². The van der Waals surface area contributed by atoms with Gasteiger partial charge in [0.25, 0.3) is 0 Å². The van der Waals surface area contributed by atoms with Gasteiger partial charge in [-0.1, -0.05) is 31.2 Å². The van der Waals surface area contributed by atoms with Gasteiger partial charge >= 0.3 is 0 Å². The van der Waals surface area contributed by atoms with Crippen LogP contribution in [0.1, 0.15) is 29.5 Å². The number of rotatable bonds is 6. The Hall–Kier alpha value is -2.64. The molecule has 0 fully saturated rings. The van der Waals surface area contributed by atoms with E-state index in [1.165, 1.54) is 0 Å². The van der Waals surface area contributed by atoms with Gasteiger partial charge in [-0.15, -0.1) is 0 Å². The molecule has 29 heavy (non-hydrogen) atoms. The standard InChI is InChI=1S/C22H24N2O4S/c1-3-29(26,27)16-6-4-5-15(12-16)17-7-8-19(28-10-9-25)21-20(17)18-11-14(2)13-23-22(18)24-21/h4-8,11-13,20-21,25H,3,9-10H2,1-2H3,(H,23,24). The lowest BCUT2D eigenvalue weighted by molar-refractivity contribution is 0.135. The fraction of sp³-hybridized carbons (Fsp3) is 0.318. The lowest BCUT2D eigenvalue weighted by Gasteiger charge is -2.29. The molecule has 0 bridgehead atoms. The lowest BCUT2D eigenvalue weighted by Crippen LogP contribution is -2.28. The first-order valence-electron chi connectivity index (χ1n) is 9.66. The van der Waals surface area contributed by atoms with Crippen LogP contribution in [0.3, 0.4) is 0 Å². The third kappa shape index (κ3) is 3.56. The zero-order chi connectivity index (χ0) is 20.6. The molecule has 2 N–H and O–H groups in total. The average molecular weight is 413 g/mol. The Bertz CT molecular complexity index is 1110. The zero-order valence-electron chi connectivity index (χ0n) is 16.4. The summed E-state index contributed by atoms with van der Waals surface area (Å²) in [4.78, 5) is 4.86. The number of aryl methyl sites for hydroxylation is 1. The van der Waals surface area contributed by atoms with Crippen LogP contribution >= 0.6 is 0 Å². The number of benzene rings is 1. The van der Waals surface area contributed by atoms with E-state index in [0.29, 0.717) is 4.90 Å². The van der Waals surface area contributed by atoms with Crippen LogP contribution in [-0.2, 0) is 14.6 Å². The van der Waals surface area contributed by atoms with Crippen LogP contribution in [0, 0.1) is 6.92 Å². The van der Waals surface area contributed by atoms with Gasteiger partial charge in [-0.2, -0.15) is 0 Å². The molecule has 0 saturated carbocycles. The minimum atomic E-state index is -3.29. The lowest BCUT2D eigenvalue weighted by atomic mass is 9.80. The van der Waals surface area contributed by atoms with Crippen LogP contribution < -0.4 is 5.32 Å². The SMILES string of the molecule is CCS(=O)(=O)c1cccc(C2=CC=C(OCCO)C3Nc4ncc(C)cc4C23)c1. The van der Waals surface area contributed by atoms with Crippen LogP contribution in [-0.4, -0.2) is 43.5 Å². The van der Waals surface area contributed by atoms with E-state index in [1.54, 1.807) is 25.1 Å². The summed E-state index contributed by atoms with van der Waals surface area (Å²) in [6.45, 7) is 3.80. The highest BCUT2D eigenvalue weighted by atomic mass is 32.2. The van der Waals surface area contributed by atoms with E-state index in [-0.39, 0.29) is 30.9 Å². The van der Waals surface area contributed by atoms with E-state index < -0.39 is 9.84 Å². The number of fused-ring (bicyclic) bond motifs is 3. The van der Waals surface area contributed by atoms with Gasteiger partial charge in [-0.05, 0) is 41.8 Å². The summed E-state index contributed by atoms with van der Waals surface area (Å²) in [6.07, 6.45) is 5.68. The Kier molecular flexibility index (Phi) is 5.19. The number of nitrogens with zero attached hydrogens (tertiary/aromatic N) is 1. The maximum absolute atomic E-state index is 12.4. The van der Waals surface area contributed by atoms with Gasteiger partial charge in [0.1, 0.15) is 18.2 Å². The number of hydrogen-bond acceptors (Lipinski definition) is 6. The smallest absolute Gasteiger partial charge is 0.178 e. The van der Waals surface area contributed by atoms with Crippen molar-refractivity contribution in [3.63, 3.8) is 0 Å². The number of hydrogen-bond donors (Lipinski definition) is 2. The molecule has 1 aliphatic heterocycles. The molecule has 152 valence electrons. The average Bonchev–Trinajstić information content (AvgIpc) is 3.11. The fourth-order valence-electron chi connectivity index (χ4n) is 3.93. The largest absolute Gasteiger partial charge is 0.493 e. The van der Waals surface area contributed by atoms with Crippen LogP contribution in [0.25, 0.3) is 5.57 Å². The minimum absolute atomic E-state index is 0.0596. The third-order valence-electron chi connectivity index (χ3n) is 5.35. The molecule has 2 aliphatic rings. The molecular formula is C22H24N2O4S. The van der Waals surface area contributed by atoms with E-state index in [2.05, 4.69) is 16.4 Å². The number of allylic oxidation sites excluding steroid dienone is 2. The first-order chi connectivity index (χ1) is 13.9. The number of aromatic nitrogens is 1. The molecule has 1 aromatic heterocycles. The van der Waals surface area contributed by atoms with Crippen molar-refractivity contribution >= 4 is 21.2 Å². The van der Waals surface area contributed by atoms with Gasteiger partial charge in [0.05, 0.1) is 23.3 Å². The zero-order valence-corrected chi connectivity index (χ0v) is 17.2. The molecule has 2 heterocycles. The topological polar surface area (TPSA) is 88.5 Å². The van der Waals surface area contributed by atoms with Crippen LogP contribution in [0.5, 0.6) is 0 Å². The maximum Gasteiger partial charge on any atom is 0.178 e. The van der Waals surface area contributed by atoms with E-state index in [0.717, 1.165) is 33.8 Å². The number of sulfone groups is 1. The second-order valence-electron chi connectivity index (χ2n) is 7.24. The fourth-order valence-corrected chi connectivity index (χ4v) is 4.86. The normalized spacial score (nSPS) is 20.2. The quantitative estimate of drug-likeness (QED) is 0.758. The van der Waals surface area contributed by atoms with Gasteiger partial charge < -0.3 is 15.2 Å². The maximum atomic E-state index is 12.4. The molecule has 0 saturated heterocycles. The molecule has 1 aliphatic carbocycles. The molecule has 1 aromatic carbocycles. The highest BCUT2D eigenvalue weighted by molar-refractivity contribution is 7.91. The monoisotopic (exact) mass is 412 g/mol. The van der Waals surface area contributed by atoms with E-state index in [9.17, 15) is 8.42 Å². The van der Waals surface area contributed by atoms with E-state index >= 15 is 0 Å². The van der Waals surface area contributed by atoms with Gasteiger partial charge in [0.2, 0.25) is 0 Å². The number of aliphatic hydroxyl groups is 1. The van der Waals surface area contributed by atoms with Crippen molar-refractivity contribution in [1.82, 2.24) is 4.98 Å². The summed E-state index contributed by atoms with van der Waals surface area (Å²) in [7, 11) is -3.29. The Morgan fingerprint density at radius 3 is 2.83 bits per heavy atom. The van der Waals surface area contributed by atoms with Crippen molar-refractivity contribution in [2.24, 2.45) is 0 Å². The third-order valence-corrected chi connectivity index (χ3v) is 7.08. The Morgan fingerprint density at radius 2 is 2.07 bits per heavy atom. The van der Waals surface area contributed by atoms with Crippen LogP contribution in [0.4, 0.5) is 5.82 Å². The predicted molar refractivity (Wildman–Crippen MR) is 112 cm³/mol. The van der Waals surface area contributed by atoms with Gasteiger partial charge in [0, 0.05) is 17.7 Å². The number of pyridine rings is 1. The van der Waals surface area contributed by atoms with Crippen molar-refractivity contribution in [3.8, 4) is 0 Å². The molecule has 0 spiro atoms. The first kappa shape index (κ1) is 19.7. The summed E-state index contributed by atoms with van der Waals surface area (Å²) in [5.41, 5.74) is 3.99. The molecule has 0 amide bonds. The number of anilines is 1. The minimum Gasteiger partial charge on any atom is -0.493 e. The van der Waals surface area contributed by atoms with Gasteiger partial charge in [-0.25, -0.2) is 13.4 Å². The summed E-state index contributed by atoms with van der Waals surface area (Å²) < 4.78 is 30.5. The van der Waals surface area contributed by atoms with Crippen LogP contribution in [0.15, 0.2) is 59.3 Å². The summed E-state index contributed by atoms with van der Waals surface area (Å²) in [5, 5.41) is 12.6. The molecule has 6 nitrogen and oxygen atoms in total. The number of ether oxygens (including phenoxy) is 1. The molecule has 2 atom stereocenters. The summed E-state index contributed by atoms with van der Waals surface area (Å²) in [6, 6.07) is 9.06. The van der Waals surface area contributed by atoms with Crippen LogP contribution in [0.2, 0.25) is 0 Å². The summed E-state index contributed by atoms with van der Waals surface area (Å²) in [5.74, 6) is 1.54. The Labute approximate surface area is 170 Å². The summed E-state index contributed by atoms with van der Waals surface area (Å²) >= 11 is 0. The second-order valence-corrected chi connectivity index (χ2v) is 9.52. The first-order valence-corrected chi connectivity index (χ1v) is 11.3. The van der Waals surface area contributed by atoms with Crippen molar-refractivity contribution in [2.45, 2.75) is 30.7 Å². The molecule has 0 radical (unpaired) electrons. The molecule has 2 aromatic rings. The molecule has 2 unspecified atom stereocenters. The van der Waals surface area contributed by atoms with Crippen molar-refractivity contribution in [2.75, 3.05) is 24.3 Å². The van der Waals surface area contributed by atoms with Crippen molar-refractivity contribution < 1.29 is 18.3 Å². The van der Waals surface area contributed by atoms with Crippen molar-refractivity contribution in [1.29, 1.82) is 0 Å². The predicted octanol–water partition coefficient (Wildman–Crippen LogP) is 3.05. The molecule has 7 heteroatoms. The Morgan fingerprint density at radius 1 is 1.24 bits per heavy atom. The Balaban J connectivity index is 1.83.